The van der Waals surface area contributed by atoms with E-state index < -0.39 is 63.3 Å². The maximum absolute atomic E-state index is 13.5. The van der Waals surface area contributed by atoms with Crippen molar-refractivity contribution in [1.82, 2.24) is 12.9 Å². The molecule has 0 spiro atoms. The molecule has 3 aliphatic heterocycles. The maximum Gasteiger partial charge on any atom is 0.332 e. The van der Waals surface area contributed by atoms with Gasteiger partial charge in [-0.05, 0) is 208 Å². The van der Waals surface area contributed by atoms with Crippen LogP contribution in [-0.4, -0.2) is 174 Å². The Balaban J connectivity index is 0.000000261. The molecule has 0 radical (unpaired) electrons. The lowest BCUT2D eigenvalue weighted by atomic mass is 10.1. The highest BCUT2D eigenvalue weighted by Crippen LogP contribution is 2.36. The third-order valence-electron chi connectivity index (χ3n) is 15.0. The number of carbonyl (C=O) groups is 2. The van der Waals surface area contributed by atoms with Crippen molar-refractivity contribution >= 4 is 61.7 Å². The van der Waals surface area contributed by atoms with Crippen molar-refractivity contribution in [2.75, 3.05) is 81.1 Å². The van der Waals surface area contributed by atoms with Gasteiger partial charge < -0.3 is 43.4 Å². The van der Waals surface area contributed by atoms with Crippen LogP contribution < -0.4 is 18.9 Å². The molecule has 0 aromatic heterocycles. The van der Waals surface area contributed by atoms with E-state index in [4.69, 9.17) is 48.9 Å². The number of benzene rings is 4. The molecule has 2 N–H and O–H groups in total. The van der Waals surface area contributed by atoms with E-state index in [9.17, 15) is 48.4 Å². The molecule has 0 amide bonds. The molecule has 3 heterocycles. The molecule has 22 nitrogen and oxygen atoms in total. The largest absolute Gasteiger partial charge is 0.497 e. The molecule has 500 valence electrons. The average Bonchev–Trinajstić information content (AvgIpc) is 0.840. The molecule has 4 aromatic rings. The molecule has 7 rings (SSSR count). The quantitative estimate of drug-likeness (QED) is 0.0615. The number of hydrogen-bond acceptors (Lipinski definition) is 18. The van der Waals surface area contributed by atoms with Gasteiger partial charge in [0.1, 0.15) is 41.8 Å². The van der Waals surface area contributed by atoms with Crippen molar-refractivity contribution in [2.24, 2.45) is 0 Å². The smallest absolute Gasteiger partial charge is 0.332 e. The van der Waals surface area contributed by atoms with Gasteiger partial charge in [-0.3, -0.25) is 0 Å². The van der Waals surface area contributed by atoms with E-state index in [0.717, 1.165) is 38.5 Å². The summed E-state index contributed by atoms with van der Waals surface area (Å²) in [4.78, 5) is 23.6. The summed E-state index contributed by atoms with van der Waals surface area (Å²) < 4.78 is 143. The number of carboxylic acids is 1. The number of hydrogen-bond donors (Lipinski definition) is 2. The molecule has 0 bridgehead atoms. The van der Waals surface area contributed by atoms with Gasteiger partial charge in [-0.1, -0.05) is 19.3 Å². The zero-order valence-electron chi connectivity index (χ0n) is 54.1. The second kappa shape index (κ2) is 33.4. The van der Waals surface area contributed by atoms with Crippen LogP contribution in [0.3, 0.4) is 0 Å². The number of sulfonamides is 3. The van der Waals surface area contributed by atoms with Crippen molar-refractivity contribution in [3.63, 3.8) is 0 Å². The normalized spacial score (nSPS) is 18.0. The van der Waals surface area contributed by atoms with E-state index in [1.165, 1.54) is 20.0 Å². The van der Waals surface area contributed by atoms with Gasteiger partial charge in [0.05, 0.1) is 67.8 Å². The molecule has 3 fully saturated rings. The van der Waals surface area contributed by atoms with Crippen molar-refractivity contribution in [2.45, 2.75) is 177 Å². The fraction of sp³-hybridized carbons (Fsp3) is 0.581. The number of piperidine rings is 3. The molecule has 27 heteroatoms. The molecule has 4 aromatic carbocycles. The number of carbonyl (C=O) groups excluding carboxylic acids is 1. The predicted molar refractivity (Wildman–Crippen MR) is 340 cm³/mol. The number of ether oxygens (including phenoxy) is 7. The first kappa shape index (κ1) is 76.3. The fourth-order valence-corrected chi connectivity index (χ4v) is 19.3. The van der Waals surface area contributed by atoms with Crippen LogP contribution in [0.1, 0.15) is 123 Å². The lowest BCUT2D eigenvalue weighted by molar-refractivity contribution is -0.160. The Morgan fingerprint density at radius 1 is 0.472 bits per heavy atom. The van der Waals surface area contributed by atoms with Crippen LogP contribution in [0.25, 0.3) is 0 Å². The van der Waals surface area contributed by atoms with E-state index in [2.05, 4.69) is 0 Å². The van der Waals surface area contributed by atoms with Crippen LogP contribution in [-0.2, 0) is 62.9 Å². The summed E-state index contributed by atoms with van der Waals surface area (Å²) in [6, 6.07) is 12.7. The molecule has 0 saturated carbocycles. The molecular weight excluding hydrogens is 1250 g/mol. The van der Waals surface area contributed by atoms with Gasteiger partial charge in [0.15, 0.2) is 0 Å². The Morgan fingerprint density at radius 2 is 0.742 bits per heavy atom. The second-order valence-corrected chi connectivity index (χ2v) is 31.3. The monoisotopic (exact) mass is 1350 g/mol. The molecule has 3 aliphatic rings. The van der Waals surface area contributed by atoms with Crippen molar-refractivity contribution in [1.29, 1.82) is 0 Å². The minimum atomic E-state index is -3.70. The first-order chi connectivity index (χ1) is 41.5. The van der Waals surface area contributed by atoms with E-state index in [1.54, 1.807) is 146 Å². The van der Waals surface area contributed by atoms with Crippen molar-refractivity contribution in [3.8, 4) is 23.0 Å². The number of aliphatic hydroxyl groups excluding tert-OH is 1. The Bertz CT molecular complexity index is 3450. The number of nitrogens with zero attached hydrogens (tertiary/aromatic N) is 3. The van der Waals surface area contributed by atoms with Crippen LogP contribution in [0.5, 0.6) is 23.0 Å². The van der Waals surface area contributed by atoms with E-state index in [-0.39, 0.29) is 49.4 Å². The van der Waals surface area contributed by atoms with E-state index in [0.29, 0.717) is 121 Å². The lowest BCUT2D eigenvalue weighted by Crippen LogP contribution is -2.46. The Hall–Kier alpha value is -5.13. The van der Waals surface area contributed by atoms with Gasteiger partial charge >= 0.3 is 11.9 Å². The number of aliphatic carboxylic acids is 1. The molecule has 89 heavy (non-hydrogen) atoms. The van der Waals surface area contributed by atoms with Gasteiger partial charge in [-0.25, -0.2) is 43.3 Å². The van der Waals surface area contributed by atoms with Gasteiger partial charge in [-0.15, -0.1) is 0 Å². The molecule has 3 unspecified atom stereocenters. The first-order valence-corrected chi connectivity index (χ1v) is 35.9. The predicted octanol–water partition coefficient (Wildman–Crippen LogP) is 9.26. The number of halogens is 1. The minimum absolute atomic E-state index is 0.0831. The van der Waals surface area contributed by atoms with Crippen LogP contribution in [0, 0.1) is 55.4 Å². The summed E-state index contributed by atoms with van der Waals surface area (Å²) >= 11 is 0. The molecular formula is C62H92ClN3O19S4. The number of methoxy groups -OCH3 is 4. The van der Waals surface area contributed by atoms with Crippen LogP contribution >= 0.6 is 10.7 Å². The van der Waals surface area contributed by atoms with Crippen molar-refractivity contribution in [3.05, 3.63) is 93.0 Å². The zero-order chi connectivity index (χ0) is 67.0. The maximum atomic E-state index is 13.5. The summed E-state index contributed by atoms with van der Waals surface area (Å²) in [7, 11) is -3.16. The lowest BCUT2D eigenvalue weighted by Gasteiger charge is -2.35. The Kier molecular flexibility index (Phi) is 28.7. The van der Waals surface area contributed by atoms with Gasteiger partial charge in [0, 0.05) is 48.4 Å². The highest BCUT2D eigenvalue weighted by molar-refractivity contribution is 8.13. The van der Waals surface area contributed by atoms with Crippen LogP contribution in [0.2, 0.25) is 0 Å². The van der Waals surface area contributed by atoms with Gasteiger partial charge in [0.2, 0.25) is 30.1 Å². The third kappa shape index (κ3) is 20.9. The standard InChI is InChI=1S/C21H33NO6S.C17H25NO6S.C15H23NO4S.C9H11ClO3S/c1-15-11-18(26-6)12-16(2)20(15)29(24,25)22-10-8-7-9-17(22)13-27-14-19(23)28-21(3,4)5;1-12-8-15(23-3)9-13(2)17(12)25(21,22)18-7-5-4-6-14(18)10-24-11-16(19)20;1-11-8-14(20-3)9-12(2)15(11)21(18,19)16-7-5-4-6-13(16)10-17;1-6-4-8(13-3)5-7(2)9(6)14(10,11)12/h11-12,17H,7-10,13-14H2,1-6H3;8-9,14H,4-7,10-11H2,1-3H3,(H,19,20);8-9,13,17H,4-7,10H2,1-3H3;4-5H,1-3H3. The van der Waals surface area contributed by atoms with Crippen LogP contribution in [0.15, 0.2) is 68.1 Å². The van der Waals surface area contributed by atoms with E-state index in [1.807, 2.05) is 0 Å². The zero-order valence-corrected chi connectivity index (χ0v) is 58.1. The van der Waals surface area contributed by atoms with E-state index >= 15 is 0 Å². The summed E-state index contributed by atoms with van der Waals surface area (Å²) in [5, 5.41) is 18.2. The molecule has 0 aliphatic carbocycles. The number of carboxylic acid groups (broad SMARTS) is 1. The third-order valence-corrected chi connectivity index (χ3v) is 23.4. The summed E-state index contributed by atoms with van der Waals surface area (Å²) in [6.07, 6.45) is 7.26. The topological polar surface area (TPSA) is 285 Å². The summed E-state index contributed by atoms with van der Waals surface area (Å²) in [5.74, 6) is 1.02. The first-order valence-electron chi connectivity index (χ1n) is 29.3. The van der Waals surface area contributed by atoms with Crippen molar-refractivity contribution < 1.29 is 86.6 Å². The SMILES string of the molecule is COc1cc(C)c(S(=O)(=O)Cl)c(C)c1.COc1cc(C)c(S(=O)(=O)N2CCCCC2CO)c(C)c1.COc1cc(C)c(S(=O)(=O)N2CCCCC2COCC(=O)O)c(C)c1.COc1cc(C)c(S(=O)(=O)N2CCCCC2COCC(=O)OC(C)(C)C)c(C)c1. The van der Waals surface area contributed by atoms with Crippen LogP contribution in [0.4, 0.5) is 0 Å². The molecule has 3 atom stereocenters. The number of aliphatic hydroxyl groups is 1. The Morgan fingerprint density at radius 3 is 1.00 bits per heavy atom. The second-order valence-electron chi connectivity index (χ2n) is 23.3. The number of esters is 1. The number of aryl methyl sites for hydroxylation is 8. The summed E-state index contributed by atoms with van der Waals surface area (Å²) in [5.41, 5.74) is 4.53. The fourth-order valence-electron chi connectivity index (χ4n) is 11.4. The average molecular weight is 1350 g/mol. The molecule has 3 saturated heterocycles. The number of rotatable bonds is 20. The highest BCUT2D eigenvalue weighted by Gasteiger charge is 2.39. The summed E-state index contributed by atoms with van der Waals surface area (Å²) in [6.45, 7) is 20.2. The highest BCUT2D eigenvalue weighted by atomic mass is 35.7. The van der Waals surface area contributed by atoms with Gasteiger partial charge in [0.25, 0.3) is 9.05 Å². The minimum Gasteiger partial charge on any atom is -0.497 e. The Labute approximate surface area is 532 Å². The van der Waals surface area contributed by atoms with Gasteiger partial charge in [-0.2, -0.15) is 12.9 Å².